The lowest BCUT2D eigenvalue weighted by molar-refractivity contribution is -0.146. The van der Waals surface area contributed by atoms with Gasteiger partial charge in [-0.15, -0.1) is 0 Å². The molecule has 0 spiro atoms. The number of rotatable bonds is 5. The molecule has 1 saturated heterocycles. The Morgan fingerprint density at radius 3 is 2.54 bits per heavy atom. The van der Waals surface area contributed by atoms with Crippen molar-refractivity contribution < 1.29 is 22.4 Å². The molecule has 0 saturated carbocycles. The topological polar surface area (TPSA) is 103 Å². The zero-order valence-electron chi connectivity index (χ0n) is 15.9. The molecular formula is C18H22ClN3O5S. The van der Waals surface area contributed by atoms with Crippen molar-refractivity contribution in [2.45, 2.75) is 31.1 Å². The Morgan fingerprint density at radius 1 is 1.32 bits per heavy atom. The van der Waals surface area contributed by atoms with Gasteiger partial charge in [0.05, 0.1) is 24.8 Å². The lowest BCUT2D eigenvalue weighted by Crippen LogP contribution is -2.37. The van der Waals surface area contributed by atoms with E-state index in [1.54, 1.807) is 6.20 Å². The number of hydrogen-bond acceptors (Lipinski definition) is 8. The molecule has 0 aromatic carbocycles. The van der Waals surface area contributed by atoms with Crippen molar-refractivity contribution >= 4 is 33.2 Å². The Labute approximate surface area is 168 Å². The van der Waals surface area contributed by atoms with Gasteiger partial charge in [0, 0.05) is 32.0 Å². The van der Waals surface area contributed by atoms with Gasteiger partial charge in [-0.05, 0) is 12.8 Å². The molecule has 10 heteroatoms. The van der Waals surface area contributed by atoms with E-state index in [-0.39, 0.29) is 33.3 Å². The second-order valence-electron chi connectivity index (χ2n) is 6.68. The van der Waals surface area contributed by atoms with Crippen LogP contribution in [0.2, 0.25) is 5.02 Å². The predicted molar refractivity (Wildman–Crippen MR) is 104 cm³/mol. The second kappa shape index (κ2) is 8.08. The third-order valence-electron chi connectivity index (χ3n) is 4.79. The fourth-order valence-corrected chi connectivity index (χ4v) is 4.93. The van der Waals surface area contributed by atoms with Crippen LogP contribution in [0.3, 0.4) is 0 Å². The number of carbonyl (C=O) groups is 1. The van der Waals surface area contributed by atoms with E-state index in [9.17, 15) is 13.2 Å². The fraction of sp³-hybridized carbons (Fsp3) is 0.500. The van der Waals surface area contributed by atoms with E-state index < -0.39 is 9.84 Å². The zero-order valence-corrected chi connectivity index (χ0v) is 17.5. The molecule has 8 nitrogen and oxygen atoms in total. The normalized spacial score (nSPS) is 15.6. The van der Waals surface area contributed by atoms with Crippen molar-refractivity contribution in [3.8, 4) is 11.5 Å². The van der Waals surface area contributed by atoms with Crippen LogP contribution in [0.5, 0.6) is 0 Å². The van der Waals surface area contributed by atoms with E-state index in [1.165, 1.54) is 13.3 Å². The first-order valence-corrected chi connectivity index (χ1v) is 11.2. The summed E-state index contributed by atoms with van der Waals surface area (Å²) in [6.45, 7) is 2.95. The average Bonchev–Trinajstić information content (AvgIpc) is 3.15. The third kappa shape index (κ3) is 4.00. The number of nitrogens with zero attached hydrogens (tertiary/aromatic N) is 3. The number of aryl methyl sites for hydroxylation is 1. The van der Waals surface area contributed by atoms with Gasteiger partial charge >= 0.3 is 5.97 Å². The molecule has 28 heavy (non-hydrogen) atoms. The lowest BCUT2D eigenvalue weighted by Gasteiger charge is -2.32. The number of anilines is 1. The minimum atomic E-state index is -3.67. The van der Waals surface area contributed by atoms with Gasteiger partial charge < -0.3 is 14.1 Å². The van der Waals surface area contributed by atoms with Crippen LogP contribution in [0.1, 0.15) is 25.5 Å². The Bertz CT molecular complexity index is 981. The highest BCUT2D eigenvalue weighted by molar-refractivity contribution is 7.91. The van der Waals surface area contributed by atoms with Crippen molar-refractivity contribution in [2.75, 3.05) is 31.4 Å². The SMILES string of the molecule is CCc1cnc(-c2cnc(N3CCC(C(=O)OC)CC3)c(Cl)c2S(C)(=O)=O)o1. The number of pyridine rings is 1. The number of methoxy groups -OCH3 is 1. The fourth-order valence-electron chi connectivity index (χ4n) is 3.29. The van der Waals surface area contributed by atoms with Gasteiger partial charge in [0.25, 0.3) is 0 Å². The van der Waals surface area contributed by atoms with Gasteiger partial charge in [0.15, 0.2) is 9.84 Å². The number of carbonyl (C=O) groups excluding carboxylic acids is 1. The summed E-state index contributed by atoms with van der Waals surface area (Å²) >= 11 is 6.50. The van der Waals surface area contributed by atoms with Crippen molar-refractivity contribution in [1.82, 2.24) is 9.97 Å². The molecule has 1 aliphatic heterocycles. The largest absolute Gasteiger partial charge is 0.469 e. The van der Waals surface area contributed by atoms with Crippen LogP contribution in [-0.2, 0) is 25.8 Å². The third-order valence-corrected chi connectivity index (χ3v) is 6.42. The van der Waals surface area contributed by atoms with Gasteiger partial charge in [-0.3, -0.25) is 4.79 Å². The maximum absolute atomic E-state index is 12.5. The van der Waals surface area contributed by atoms with Crippen molar-refractivity contribution in [2.24, 2.45) is 5.92 Å². The zero-order chi connectivity index (χ0) is 20.5. The number of ether oxygens (including phenoxy) is 1. The van der Waals surface area contributed by atoms with E-state index in [0.717, 1.165) is 6.26 Å². The standard InChI is InChI=1S/C18H22ClN3O5S/c1-4-12-9-21-17(27-12)13-10-20-16(14(19)15(13)28(3,24)25)22-7-5-11(6-8-22)18(23)26-2/h9-11H,4-8H2,1-3H3. The second-order valence-corrected chi connectivity index (χ2v) is 9.01. The summed E-state index contributed by atoms with van der Waals surface area (Å²) < 4.78 is 35.4. The van der Waals surface area contributed by atoms with E-state index in [0.29, 0.717) is 43.9 Å². The van der Waals surface area contributed by atoms with Gasteiger partial charge in [-0.2, -0.15) is 0 Å². The number of esters is 1. The predicted octanol–water partition coefficient (Wildman–Crippen LogP) is 2.75. The molecule has 0 radical (unpaired) electrons. The molecule has 1 aliphatic rings. The Kier molecular flexibility index (Phi) is 5.95. The summed E-state index contributed by atoms with van der Waals surface area (Å²) in [6.07, 6.45) is 5.88. The van der Waals surface area contributed by atoms with Crippen molar-refractivity contribution in [3.63, 3.8) is 0 Å². The van der Waals surface area contributed by atoms with Crippen LogP contribution in [0.4, 0.5) is 5.82 Å². The van der Waals surface area contributed by atoms with Gasteiger partial charge in [-0.1, -0.05) is 18.5 Å². The van der Waals surface area contributed by atoms with E-state index >= 15 is 0 Å². The molecule has 3 heterocycles. The smallest absolute Gasteiger partial charge is 0.308 e. The minimum Gasteiger partial charge on any atom is -0.469 e. The van der Waals surface area contributed by atoms with Crippen LogP contribution in [0, 0.1) is 5.92 Å². The quantitative estimate of drug-likeness (QED) is 0.671. The molecule has 0 N–H and O–H groups in total. The Balaban J connectivity index is 1.98. The van der Waals surface area contributed by atoms with Crippen molar-refractivity contribution in [1.29, 1.82) is 0 Å². The van der Waals surface area contributed by atoms with Gasteiger partial charge in [-0.25, -0.2) is 18.4 Å². The van der Waals surface area contributed by atoms with Crippen LogP contribution >= 0.6 is 11.6 Å². The molecule has 0 unspecified atom stereocenters. The summed E-state index contributed by atoms with van der Waals surface area (Å²) in [4.78, 5) is 22.1. The number of piperidine rings is 1. The van der Waals surface area contributed by atoms with Crippen LogP contribution in [-0.4, -0.2) is 50.8 Å². The molecule has 0 atom stereocenters. The highest BCUT2D eigenvalue weighted by atomic mass is 35.5. The molecule has 2 aromatic rings. The summed E-state index contributed by atoms with van der Waals surface area (Å²) in [5, 5.41) is 0.0350. The molecule has 0 bridgehead atoms. The summed E-state index contributed by atoms with van der Waals surface area (Å²) in [5.74, 6) is 0.772. The summed E-state index contributed by atoms with van der Waals surface area (Å²) in [5.41, 5.74) is 0.236. The molecular weight excluding hydrogens is 406 g/mol. The lowest BCUT2D eigenvalue weighted by atomic mass is 9.97. The van der Waals surface area contributed by atoms with E-state index in [4.69, 9.17) is 20.8 Å². The molecule has 0 aliphatic carbocycles. The Morgan fingerprint density at radius 2 is 2.00 bits per heavy atom. The Hall–Kier alpha value is -2.13. The molecule has 152 valence electrons. The molecule has 1 fully saturated rings. The maximum atomic E-state index is 12.5. The number of oxazole rings is 1. The first-order chi connectivity index (χ1) is 13.3. The number of hydrogen-bond donors (Lipinski definition) is 0. The molecule has 3 rings (SSSR count). The van der Waals surface area contributed by atoms with Crippen LogP contribution in [0.15, 0.2) is 21.7 Å². The van der Waals surface area contributed by atoms with Crippen molar-refractivity contribution in [3.05, 3.63) is 23.2 Å². The number of halogens is 1. The monoisotopic (exact) mass is 427 g/mol. The first-order valence-electron chi connectivity index (χ1n) is 8.92. The van der Waals surface area contributed by atoms with E-state index in [2.05, 4.69) is 9.97 Å². The van der Waals surface area contributed by atoms with E-state index in [1.807, 2.05) is 11.8 Å². The van der Waals surface area contributed by atoms with Crippen LogP contribution in [0.25, 0.3) is 11.5 Å². The number of aromatic nitrogens is 2. The maximum Gasteiger partial charge on any atom is 0.308 e. The summed E-state index contributed by atoms with van der Waals surface area (Å²) in [6, 6.07) is 0. The van der Waals surface area contributed by atoms with Gasteiger partial charge in [0.2, 0.25) is 5.89 Å². The minimum absolute atomic E-state index is 0.0350. The van der Waals surface area contributed by atoms with Crippen LogP contribution < -0.4 is 4.90 Å². The molecule has 2 aromatic heterocycles. The summed E-state index contributed by atoms with van der Waals surface area (Å²) in [7, 11) is -2.30. The van der Waals surface area contributed by atoms with Gasteiger partial charge in [0.1, 0.15) is 21.5 Å². The molecule has 0 amide bonds. The average molecular weight is 428 g/mol. The highest BCUT2D eigenvalue weighted by Crippen LogP contribution is 2.38. The highest BCUT2D eigenvalue weighted by Gasteiger charge is 2.31. The number of sulfone groups is 1. The first kappa shape index (κ1) is 20.6.